The highest BCUT2D eigenvalue weighted by molar-refractivity contribution is 7.92. The van der Waals surface area contributed by atoms with Crippen LogP contribution in [0.2, 0.25) is 0 Å². The largest absolute Gasteiger partial charge is 0.475 e. The van der Waals surface area contributed by atoms with Gasteiger partial charge in [-0.05, 0) is 80.2 Å². The second-order valence-electron chi connectivity index (χ2n) is 13.8. The molecule has 2 aliphatic carbocycles. The van der Waals surface area contributed by atoms with Crippen molar-refractivity contribution in [3.63, 3.8) is 0 Å². The summed E-state index contributed by atoms with van der Waals surface area (Å²) in [5.74, 6) is -0.296. The number of amides is 1. The zero-order valence-electron chi connectivity index (χ0n) is 28.4. The fraction of sp³-hybridized carbons (Fsp3) is 0.316. The molecular weight excluding hydrogens is 651 g/mol. The number of rotatable bonds is 6. The van der Waals surface area contributed by atoms with E-state index in [0.717, 1.165) is 52.7 Å². The lowest BCUT2D eigenvalue weighted by Gasteiger charge is -2.32. The van der Waals surface area contributed by atoms with Crippen molar-refractivity contribution in [1.82, 2.24) is 29.4 Å². The summed E-state index contributed by atoms with van der Waals surface area (Å²) in [4.78, 5) is 35.0. The van der Waals surface area contributed by atoms with Crippen LogP contribution in [0.5, 0.6) is 5.88 Å². The molecule has 12 heteroatoms. The highest BCUT2D eigenvalue weighted by atomic mass is 32.2. The molecule has 5 aromatic rings. The maximum Gasteiger partial charge on any atom is 0.264 e. The van der Waals surface area contributed by atoms with Crippen molar-refractivity contribution >= 4 is 33.0 Å². The number of carbonyl (C=O) groups is 1. The van der Waals surface area contributed by atoms with Crippen molar-refractivity contribution in [2.24, 2.45) is 7.05 Å². The number of carbonyl (C=O) groups excluding carboxylic acids is 1. The van der Waals surface area contributed by atoms with E-state index >= 15 is 0 Å². The number of fused-ring (bicyclic) bond motifs is 5. The van der Waals surface area contributed by atoms with Crippen molar-refractivity contribution in [2.45, 2.75) is 69.4 Å². The molecule has 0 unspecified atom stereocenters. The van der Waals surface area contributed by atoms with Crippen LogP contribution in [-0.2, 0) is 29.0 Å². The number of nitrogens with zero attached hydrogens (tertiary/aromatic N) is 6. The maximum atomic E-state index is 14.5. The van der Waals surface area contributed by atoms with Crippen molar-refractivity contribution in [3.05, 3.63) is 106 Å². The quantitative estimate of drug-likeness (QED) is 0.202. The van der Waals surface area contributed by atoms with Gasteiger partial charge in [-0.3, -0.25) is 9.78 Å². The van der Waals surface area contributed by atoms with E-state index in [0.29, 0.717) is 17.8 Å². The first-order valence-electron chi connectivity index (χ1n) is 16.7. The SMILES string of the molecule is Cc1cccc(C)c1-c1cc2nc(n1)NS(=O)(=O)c1cccc(c1)C(=O)N(Cc1cnc3cc(C4(C)CC4)n(C)c3n1)[C@H](CC1=C=CC1)CO2.[HH]. The number of sulfonamides is 1. The van der Waals surface area contributed by atoms with Crippen molar-refractivity contribution in [1.29, 1.82) is 0 Å². The summed E-state index contributed by atoms with van der Waals surface area (Å²) < 4.78 is 38.5. The van der Waals surface area contributed by atoms with Gasteiger partial charge in [0.1, 0.15) is 12.1 Å². The molecule has 256 valence electrons. The van der Waals surface area contributed by atoms with E-state index in [1.807, 2.05) is 45.2 Å². The third-order valence-corrected chi connectivity index (χ3v) is 11.4. The van der Waals surface area contributed by atoms with Gasteiger partial charge >= 0.3 is 0 Å². The number of aromatic nitrogens is 5. The van der Waals surface area contributed by atoms with E-state index < -0.39 is 16.1 Å². The van der Waals surface area contributed by atoms with Crippen LogP contribution in [0.1, 0.15) is 66.9 Å². The van der Waals surface area contributed by atoms with Crippen molar-refractivity contribution < 1.29 is 19.4 Å². The average molecular weight is 690 g/mol. The van der Waals surface area contributed by atoms with Crippen LogP contribution < -0.4 is 9.46 Å². The maximum absolute atomic E-state index is 14.5. The van der Waals surface area contributed by atoms with Crippen molar-refractivity contribution in [3.8, 4) is 17.1 Å². The summed E-state index contributed by atoms with van der Waals surface area (Å²) in [6.45, 7) is 6.41. The number of hydrogen-bond acceptors (Lipinski definition) is 8. The number of ether oxygens (including phenoxy) is 1. The predicted molar refractivity (Wildman–Crippen MR) is 191 cm³/mol. The molecule has 3 aromatic heterocycles. The lowest BCUT2D eigenvalue weighted by molar-refractivity contribution is 0.0583. The molecule has 4 heterocycles. The first-order chi connectivity index (χ1) is 24.0. The molecule has 1 amide bonds. The highest BCUT2D eigenvalue weighted by Crippen LogP contribution is 2.48. The second-order valence-corrected chi connectivity index (χ2v) is 15.5. The standard InChI is InChI=1S/C38H37N7O4S.H2/c1-23-8-5-9-24(2)34(23)30-19-33-42-37(41-30)43-50(47,48)29-13-7-12-26(17-29)36(46)45(28(22-49-33)16-25-10-6-11-25)21-27-20-39-31-18-32(38(3)14-15-38)44(4)35(31)40-27;/h5-9,12-13,17-20,28H,10,14-16,21-22H2,1-4H3,(H,41,42,43);1H/t28-;/m1./s1. The Balaban J connectivity index is 0.00000406. The Bertz CT molecular complexity index is 2380. The molecule has 1 aliphatic heterocycles. The molecule has 0 radical (unpaired) electrons. The Hall–Kier alpha value is -5.32. The van der Waals surface area contributed by atoms with Crippen LogP contribution in [0.4, 0.5) is 5.95 Å². The Morgan fingerprint density at radius 1 is 1.06 bits per heavy atom. The summed E-state index contributed by atoms with van der Waals surface area (Å²) in [5, 5.41) is 0. The van der Waals surface area contributed by atoms with Gasteiger partial charge in [0.15, 0.2) is 5.65 Å². The van der Waals surface area contributed by atoms with Crippen LogP contribution in [0, 0.1) is 13.8 Å². The van der Waals surface area contributed by atoms with Crippen LogP contribution >= 0.6 is 0 Å². The van der Waals surface area contributed by atoms with Gasteiger partial charge in [-0.15, -0.1) is 5.73 Å². The van der Waals surface area contributed by atoms with E-state index in [-0.39, 0.29) is 48.2 Å². The summed E-state index contributed by atoms with van der Waals surface area (Å²) in [6, 6.07) is 15.3. The van der Waals surface area contributed by atoms with E-state index in [9.17, 15) is 13.2 Å². The Labute approximate surface area is 292 Å². The lowest BCUT2D eigenvalue weighted by Crippen LogP contribution is -2.44. The summed E-state index contributed by atoms with van der Waals surface area (Å²) in [6.07, 6.45) is 7.20. The molecule has 8 rings (SSSR count). The summed E-state index contributed by atoms with van der Waals surface area (Å²) in [5.41, 5.74) is 11.4. The molecule has 4 bridgehead atoms. The van der Waals surface area contributed by atoms with E-state index in [4.69, 9.17) is 14.7 Å². The Kier molecular flexibility index (Phi) is 7.61. The summed E-state index contributed by atoms with van der Waals surface area (Å²) >= 11 is 0. The number of hydrogen-bond donors (Lipinski definition) is 1. The topological polar surface area (TPSA) is 132 Å². The molecule has 3 aliphatic rings. The van der Waals surface area contributed by atoms with Gasteiger partial charge in [0.25, 0.3) is 15.9 Å². The molecule has 1 fully saturated rings. The normalized spacial score (nSPS) is 19.0. The fourth-order valence-electron chi connectivity index (χ4n) is 6.90. The zero-order chi connectivity index (χ0) is 34.8. The zero-order valence-corrected chi connectivity index (χ0v) is 29.2. The van der Waals surface area contributed by atoms with Crippen LogP contribution in [0.25, 0.3) is 22.4 Å². The minimum absolute atomic E-state index is 0. The molecule has 1 saturated carbocycles. The molecule has 50 heavy (non-hydrogen) atoms. The second kappa shape index (κ2) is 11.9. The average Bonchev–Trinajstić information content (AvgIpc) is 3.73. The highest BCUT2D eigenvalue weighted by Gasteiger charge is 2.42. The number of anilines is 1. The first-order valence-corrected chi connectivity index (χ1v) is 18.2. The molecule has 1 atom stereocenters. The van der Waals surface area contributed by atoms with Gasteiger partial charge in [0, 0.05) is 43.2 Å². The van der Waals surface area contributed by atoms with Gasteiger partial charge in [0.2, 0.25) is 11.8 Å². The molecule has 11 nitrogen and oxygen atoms in total. The lowest BCUT2D eigenvalue weighted by atomic mass is 9.97. The Morgan fingerprint density at radius 2 is 1.82 bits per heavy atom. The van der Waals surface area contributed by atoms with E-state index in [1.165, 1.54) is 17.8 Å². The molecular formula is C38H39N7O4S. The first kappa shape index (κ1) is 31.9. The number of nitrogens with one attached hydrogen (secondary N) is 1. The van der Waals surface area contributed by atoms with Crippen LogP contribution in [-0.4, -0.2) is 56.4 Å². The molecule has 0 saturated heterocycles. The predicted octanol–water partition coefficient (Wildman–Crippen LogP) is 6.42. The molecule has 0 spiro atoms. The third kappa shape index (κ3) is 5.84. The van der Waals surface area contributed by atoms with Crippen LogP contribution in [0.3, 0.4) is 0 Å². The number of aryl methyl sites for hydroxylation is 3. The van der Waals surface area contributed by atoms with E-state index in [2.05, 4.69) is 38.0 Å². The van der Waals surface area contributed by atoms with Crippen molar-refractivity contribution in [2.75, 3.05) is 11.3 Å². The molecule has 1 N–H and O–H groups in total. The van der Waals surface area contributed by atoms with Gasteiger partial charge in [0.05, 0.1) is 35.1 Å². The summed E-state index contributed by atoms with van der Waals surface area (Å²) in [7, 11) is -2.17. The van der Waals surface area contributed by atoms with Crippen LogP contribution in [0.15, 0.2) is 83.1 Å². The number of benzene rings is 2. The molecule has 2 aromatic carbocycles. The third-order valence-electron chi connectivity index (χ3n) is 10.1. The monoisotopic (exact) mass is 689 g/mol. The minimum Gasteiger partial charge on any atom is -0.475 e. The smallest absolute Gasteiger partial charge is 0.264 e. The van der Waals surface area contributed by atoms with Gasteiger partial charge in [-0.2, -0.15) is 4.98 Å². The Morgan fingerprint density at radius 3 is 2.54 bits per heavy atom. The van der Waals surface area contributed by atoms with Gasteiger partial charge < -0.3 is 14.2 Å². The van der Waals surface area contributed by atoms with Gasteiger partial charge in [-0.25, -0.2) is 23.1 Å². The van der Waals surface area contributed by atoms with Gasteiger partial charge in [-0.1, -0.05) is 31.2 Å². The van der Waals surface area contributed by atoms with E-state index in [1.54, 1.807) is 29.3 Å². The fourth-order valence-corrected chi connectivity index (χ4v) is 7.89. The minimum atomic E-state index is -4.18.